The summed E-state index contributed by atoms with van der Waals surface area (Å²) < 4.78 is 11.9. The van der Waals surface area contributed by atoms with Crippen LogP contribution in [0.1, 0.15) is 111 Å². The van der Waals surface area contributed by atoms with Gasteiger partial charge < -0.3 is 14.6 Å². The summed E-state index contributed by atoms with van der Waals surface area (Å²) in [6.45, 7) is 6.46. The lowest BCUT2D eigenvalue weighted by Crippen LogP contribution is -2.44. The molecule has 1 aliphatic rings. The molecule has 0 amide bonds. The number of aliphatic hydroxyl groups is 1. The van der Waals surface area contributed by atoms with Gasteiger partial charge in [-0.3, -0.25) is 0 Å². The average Bonchev–Trinajstić information content (AvgIpc) is 2.51. The summed E-state index contributed by atoms with van der Waals surface area (Å²) in [6.07, 6.45) is 18.4. The van der Waals surface area contributed by atoms with E-state index < -0.39 is 5.79 Å². The Morgan fingerprint density at radius 3 is 1.71 bits per heavy atom. The fourth-order valence-electron chi connectivity index (χ4n) is 3.75. The van der Waals surface area contributed by atoms with E-state index in [-0.39, 0.29) is 12.7 Å². The fourth-order valence-corrected chi connectivity index (χ4v) is 3.75. The van der Waals surface area contributed by atoms with Crippen molar-refractivity contribution < 1.29 is 14.6 Å². The SMILES string of the molecule is CCCCCCCCCCCCC[C@@H]1C[C@H](CCO)OC(C)(C)O1. The predicted octanol–water partition coefficient (Wildman–Crippen LogP) is 5.98. The number of hydrogen-bond donors (Lipinski definition) is 1. The van der Waals surface area contributed by atoms with Crippen molar-refractivity contribution in [2.45, 2.75) is 129 Å². The van der Waals surface area contributed by atoms with Gasteiger partial charge in [0.25, 0.3) is 0 Å². The largest absolute Gasteiger partial charge is 0.396 e. The second-order valence-corrected chi connectivity index (χ2v) is 7.95. The lowest BCUT2D eigenvalue weighted by atomic mass is 9.99. The van der Waals surface area contributed by atoms with Gasteiger partial charge in [0.2, 0.25) is 0 Å². The summed E-state index contributed by atoms with van der Waals surface area (Å²) in [4.78, 5) is 0. The molecular weight excluding hydrogens is 300 g/mol. The van der Waals surface area contributed by atoms with Crippen LogP contribution in [0.5, 0.6) is 0 Å². The summed E-state index contributed by atoms with van der Waals surface area (Å²) in [5.41, 5.74) is 0. The maximum absolute atomic E-state index is 9.13. The van der Waals surface area contributed by atoms with Gasteiger partial charge in [0, 0.05) is 13.0 Å². The van der Waals surface area contributed by atoms with Crippen molar-refractivity contribution in [2.75, 3.05) is 6.61 Å². The molecule has 1 heterocycles. The quantitative estimate of drug-likeness (QED) is 0.395. The minimum atomic E-state index is -0.499. The van der Waals surface area contributed by atoms with Crippen molar-refractivity contribution in [3.63, 3.8) is 0 Å². The molecule has 0 bridgehead atoms. The van der Waals surface area contributed by atoms with Gasteiger partial charge in [-0.15, -0.1) is 0 Å². The Bertz CT molecular complexity index is 291. The highest BCUT2D eigenvalue weighted by Gasteiger charge is 2.34. The second kappa shape index (κ2) is 13.1. The topological polar surface area (TPSA) is 38.7 Å². The van der Waals surface area contributed by atoms with E-state index in [1.807, 2.05) is 13.8 Å². The number of unbranched alkanes of at least 4 members (excludes halogenated alkanes) is 10. The molecule has 1 aliphatic heterocycles. The van der Waals surface area contributed by atoms with Gasteiger partial charge in [-0.2, -0.15) is 0 Å². The van der Waals surface area contributed by atoms with E-state index >= 15 is 0 Å². The molecule has 0 aromatic heterocycles. The summed E-state index contributed by atoms with van der Waals surface area (Å²) in [6, 6.07) is 0. The maximum atomic E-state index is 9.13. The molecule has 1 fully saturated rings. The van der Waals surface area contributed by atoms with Crippen molar-refractivity contribution in [2.24, 2.45) is 0 Å². The molecule has 3 heteroatoms. The van der Waals surface area contributed by atoms with Crippen LogP contribution in [-0.2, 0) is 9.47 Å². The maximum Gasteiger partial charge on any atom is 0.163 e. The Kier molecular flexibility index (Phi) is 12.0. The van der Waals surface area contributed by atoms with Crippen LogP contribution in [0.25, 0.3) is 0 Å². The van der Waals surface area contributed by atoms with Crippen LogP contribution < -0.4 is 0 Å². The monoisotopic (exact) mass is 342 g/mol. The van der Waals surface area contributed by atoms with Gasteiger partial charge in [-0.25, -0.2) is 0 Å². The zero-order valence-corrected chi connectivity index (χ0v) is 16.5. The molecule has 1 N–H and O–H groups in total. The molecule has 3 nitrogen and oxygen atoms in total. The van der Waals surface area contributed by atoms with Gasteiger partial charge >= 0.3 is 0 Å². The van der Waals surface area contributed by atoms with E-state index in [0.29, 0.717) is 6.10 Å². The zero-order valence-electron chi connectivity index (χ0n) is 16.5. The number of aliphatic hydroxyl groups excluding tert-OH is 1. The molecule has 144 valence electrons. The standard InChI is InChI=1S/C21H42O3/c1-4-5-6-7-8-9-10-11-12-13-14-15-19-18-20(16-17-22)24-21(2,3)23-19/h19-20,22H,4-18H2,1-3H3/t19-,20+/m1/s1. The van der Waals surface area contributed by atoms with E-state index in [9.17, 15) is 0 Å². The van der Waals surface area contributed by atoms with E-state index in [1.165, 1.54) is 70.6 Å². The smallest absolute Gasteiger partial charge is 0.163 e. The molecule has 0 radical (unpaired) electrons. The fraction of sp³-hybridized carbons (Fsp3) is 1.00. The molecule has 1 rings (SSSR count). The first-order valence-corrected chi connectivity index (χ1v) is 10.5. The highest BCUT2D eigenvalue weighted by atomic mass is 16.7. The molecule has 0 saturated carbocycles. The molecule has 1 saturated heterocycles. The van der Waals surface area contributed by atoms with Crippen molar-refractivity contribution >= 4 is 0 Å². The normalized spacial score (nSPS) is 23.5. The first-order chi connectivity index (χ1) is 11.6. The van der Waals surface area contributed by atoms with Gasteiger partial charge in [-0.1, -0.05) is 77.6 Å². The molecule has 2 atom stereocenters. The Morgan fingerprint density at radius 1 is 0.750 bits per heavy atom. The third-order valence-electron chi connectivity index (χ3n) is 5.01. The third kappa shape index (κ3) is 10.7. The van der Waals surface area contributed by atoms with Gasteiger partial charge in [0.15, 0.2) is 5.79 Å². The summed E-state index contributed by atoms with van der Waals surface area (Å²) in [5.74, 6) is -0.499. The molecule has 0 aliphatic carbocycles. The lowest BCUT2D eigenvalue weighted by molar-refractivity contribution is -0.301. The molecule has 24 heavy (non-hydrogen) atoms. The van der Waals surface area contributed by atoms with Crippen LogP contribution in [0.3, 0.4) is 0 Å². The van der Waals surface area contributed by atoms with E-state index in [2.05, 4.69) is 6.92 Å². The van der Waals surface area contributed by atoms with Crippen molar-refractivity contribution in [3.8, 4) is 0 Å². The second-order valence-electron chi connectivity index (χ2n) is 7.95. The van der Waals surface area contributed by atoms with Gasteiger partial charge in [0.1, 0.15) is 0 Å². The van der Waals surface area contributed by atoms with Crippen LogP contribution in [0, 0.1) is 0 Å². The number of hydrogen-bond acceptors (Lipinski definition) is 3. The number of ether oxygens (including phenoxy) is 2. The summed E-state index contributed by atoms with van der Waals surface area (Å²) >= 11 is 0. The first kappa shape index (κ1) is 21.9. The van der Waals surface area contributed by atoms with Crippen molar-refractivity contribution in [1.29, 1.82) is 0 Å². The lowest BCUT2D eigenvalue weighted by Gasteiger charge is -2.41. The highest BCUT2D eigenvalue weighted by Crippen LogP contribution is 2.30. The van der Waals surface area contributed by atoms with Crippen molar-refractivity contribution in [3.05, 3.63) is 0 Å². The Balaban J connectivity index is 1.98. The first-order valence-electron chi connectivity index (χ1n) is 10.5. The Hall–Kier alpha value is -0.120. The molecular formula is C21H42O3. The summed E-state index contributed by atoms with van der Waals surface area (Å²) in [7, 11) is 0. The van der Waals surface area contributed by atoms with Crippen molar-refractivity contribution in [1.82, 2.24) is 0 Å². The van der Waals surface area contributed by atoms with Crippen LogP contribution >= 0.6 is 0 Å². The number of rotatable bonds is 14. The Labute approximate surface area is 150 Å². The van der Waals surface area contributed by atoms with E-state index in [4.69, 9.17) is 14.6 Å². The van der Waals surface area contributed by atoms with E-state index in [0.717, 1.165) is 19.3 Å². The minimum Gasteiger partial charge on any atom is -0.396 e. The van der Waals surface area contributed by atoms with Crippen LogP contribution in [0.15, 0.2) is 0 Å². The van der Waals surface area contributed by atoms with Crippen LogP contribution in [-0.4, -0.2) is 29.7 Å². The Morgan fingerprint density at radius 2 is 1.21 bits per heavy atom. The highest BCUT2D eigenvalue weighted by molar-refractivity contribution is 4.76. The van der Waals surface area contributed by atoms with E-state index in [1.54, 1.807) is 0 Å². The molecule has 0 aromatic rings. The third-order valence-corrected chi connectivity index (χ3v) is 5.01. The molecule has 0 unspecified atom stereocenters. The summed E-state index contributed by atoms with van der Waals surface area (Å²) in [5, 5.41) is 9.13. The van der Waals surface area contributed by atoms with Gasteiger partial charge in [0.05, 0.1) is 12.2 Å². The predicted molar refractivity (Wildman–Crippen MR) is 101 cm³/mol. The molecule has 0 aromatic carbocycles. The van der Waals surface area contributed by atoms with Gasteiger partial charge in [-0.05, 0) is 26.7 Å². The molecule has 0 spiro atoms. The van der Waals surface area contributed by atoms with Crippen LogP contribution in [0.2, 0.25) is 0 Å². The minimum absolute atomic E-state index is 0.149. The zero-order chi connectivity index (χ0) is 17.7. The van der Waals surface area contributed by atoms with Crippen LogP contribution in [0.4, 0.5) is 0 Å². The average molecular weight is 343 g/mol.